The lowest BCUT2D eigenvalue weighted by atomic mass is 9.84. The predicted molar refractivity (Wildman–Crippen MR) is 123 cm³/mol. The molecule has 0 aromatic heterocycles. The van der Waals surface area contributed by atoms with E-state index in [1.165, 1.54) is 6.42 Å². The minimum Gasteiger partial charge on any atom is -0.353 e. The van der Waals surface area contributed by atoms with Gasteiger partial charge in [0.05, 0.1) is 0 Å². The Labute approximate surface area is 185 Å². The molecule has 30 heavy (non-hydrogen) atoms. The zero-order valence-electron chi connectivity index (χ0n) is 17.8. The van der Waals surface area contributed by atoms with Crippen molar-refractivity contribution in [2.24, 2.45) is 5.92 Å². The number of benzene rings is 2. The van der Waals surface area contributed by atoms with E-state index in [0.29, 0.717) is 18.0 Å². The molecule has 1 saturated heterocycles. The summed E-state index contributed by atoms with van der Waals surface area (Å²) in [6.45, 7) is 2.60. The van der Waals surface area contributed by atoms with E-state index in [9.17, 15) is 9.59 Å². The van der Waals surface area contributed by atoms with Gasteiger partial charge in [-0.15, -0.1) is 12.4 Å². The second kappa shape index (κ2) is 9.80. The third kappa shape index (κ3) is 4.47. The second-order valence-corrected chi connectivity index (χ2v) is 8.57. The van der Waals surface area contributed by atoms with Crippen molar-refractivity contribution in [1.29, 1.82) is 0 Å². The zero-order valence-corrected chi connectivity index (χ0v) is 18.6. The molecule has 1 heterocycles. The quantitative estimate of drug-likeness (QED) is 0.760. The van der Waals surface area contributed by atoms with E-state index in [1.54, 1.807) is 0 Å². The molecule has 2 amide bonds. The summed E-state index contributed by atoms with van der Waals surface area (Å²) in [7, 11) is 1.89. The third-order valence-corrected chi connectivity index (χ3v) is 6.70. The first-order chi connectivity index (χ1) is 14.1. The third-order valence-electron chi connectivity index (χ3n) is 6.70. The second-order valence-electron chi connectivity index (χ2n) is 8.57. The number of nitrogens with one attached hydrogen (secondary N) is 2. The van der Waals surface area contributed by atoms with Crippen LogP contribution in [-0.4, -0.2) is 48.4 Å². The van der Waals surface area contributed by atoms with Crippen LogP contribution in [0.3, 0.4) is 0 Å². The molecule has 4 atom stereocenters. The summed E-state index contributed by atoms with van der Waals surface area (Å²) in [6.07, 6.45) is 5.23. The summed E-state index contributed by atoms with van der Waals surface area (Å²) in [5.41, 5.74) is 0.677. The number of rotatable bonds is 5. The highest BCUT2D eigenvalue weighted by molar-refractivity contribution is 6.01. The number of likely N-dealkylation sites (tertiary alicyclic amines) is 1. The van der Waals surface area contributed by atoms with Crippen LogP contribution in [0, 0.1) is 5.92 Å². The average Bonchev–Trinajstić information content (AvgIpc) is 3.16. The summed E-state index contributed by atoms with van der Waals surface area (Å²) in [5, 5.41) is 8.38. The number of fused-ring (bicyclic) bond motifs is 2. The van der Waals surface area contributed by atoms with Crippen molar-refractivity contribution in [2.45, 2.75) is 57.2 Å². The molecule has 5 nitrogen and oxygen atoms in total. The van der Waals surface area contributed by atoms with E-state index in [0.717, 1.165) is 36.5 Å². The van der Waals surface area contributed by atoms with Gasteiger partial charge in [0, 0.05) is 24.2 Å². The van der Waals surface area contributed by atoms with Gasteiger partial charge in [-0.25, -0.2) is 0 Å². The van der Waals surface area contributed by atoms with Crippen molar-refractivity contribution < 1.29 is 9.59 Å². The number of halogens is 1. The topological polar surface area (TPSA) is 61.4 Å². The van der Waals surface area contributed by atoms with E-state index in [-0.39, 0.29) is 42.3 Å². The Hall–Kier alpha value is -2.11. The molecule has 2 aromatic carbocycles. The lowest BCUT2D eigenvalue weighted by Crippen LogP contribution is -2.51. The Morgan fingerprint density at radius 2 is 1.83 bits per heavy atom. The minimum absolute atomic E-state index is 0. The maximum Gasteiger partial charge on any atom is 0.254 e. The van der Waals surface area contributed by atoms with E-state index in [2.05, 4.69) is 16.7 Å². The number of nitrogens with zero attached hydrogens (tertiary/aromatic N) is 1. The van der Waals surface area contributed by atoms with E-state index in [4.69, 9.17) is 0 Å². The fourth-order valence-corrected chi connectivity index (χ4v) is 4.93. The van der Waals surface area contributed by atoms with Crippen LogP contribution in [0.5, 0.6) is 0 Å². The standard InChI is InChI=1S/C24H31N3O2.ClH/c1-16(25-2)15-26-23(28)22-14-19-9-5-6-10-21(19)27(22)24(29)20-12-11-17-7-3-4-8-18(17)13-20;/h3-4,7-8,11-13,16,19,21-22,25H,5-6,9-10,14-15H2,1-2H3,(H,26,28);1H. The number of carbonyl (C=O) groups excluding carboxylic acids is 2. The van der Waals surface area contributed by atoms with Gasteiger partial charge in [-0.3, -0.25) is 9.59 Å². The number of hydrogen-bond acceptors (Lipinski definition) is 3. The predicted octanol–water partition coefficient (Wildman–Crippen LogP) is 3.76. The summed E-state index contributed by atoms with van der Waals surface area (Å²) in [4.78, 5) is 28.5. The van der Waals surface area contributed by atoms with Gasteiger partial charge in [-0.2, -0.15) is 0 Å². The molecule has 1 aliphatic heterocycles. The highest BCUT2D eigenvalue weighted by atomic mass is 35.5. The molecule has 0 radical (unpaired) electrons. The van der Waals surface area contributed by atoms with Crippen molar-refractivity contribution in [3.8, 4) is 0 Å². The highest BCUT2D eigenvalue weighted by Crippen LogP contribution is 2.40. The highest BCUT2D eigenvalue weighted by Gasteiger charge is 2.47. The van der Waals surface area contributed by atoms with Crippen LogP contribution < -0.4 is 10.6 Å². The SMILES string of the molecule is CNC(C)CNC(=O)C1CC2CCCCC2N1C(=O)c1ccc2ccccc2c1.Cl. The maximum atomic E-state index is 13.6. The van der Waals surface area contributed by atoms with E-state index < -0.39 is 0 Å². The number of carbonyl (C=O) groups is 2. The van der Waals surface area contributed by atoms with Gasteiger partial charge < -0.3 is 15.5 Å². The number of likely N-dealkylation sites (N-methyl/N-ethyl adjacent to an activating group) is 1. The number of hydrogen-bond donors (Lipinski definition) is 2. The Morgan fingerprint density at radius 1 is 1.10 bits per heavy atom. The smallest absolute Gasteiger partial charge is 0.254 e. The Morgan fingerprint density at radius 3 is 2.60 bits per heavy atom. The van der Waals surface area contributed by atoms with Crippen molar-refractivity contribution in [3.05, 3.63) is 48.0 Å². The number of amides is 2. The lowest BCUT2D eigenvalue weighted by Gasteiger charge is -2.34. The van der Waals surface area contributed by atoms with Crippen LogP contribution in [0.15, 0.2) is 42.5 Å². The largest absolute Gasteiger partial charge is 0.353 e. The Kier molecular flexibility index (Phi) is 7.37. The minimum atomic E-state index is -0.369. The summed E-state index contributed by atoms with van der Waals surface area (Å²) in [5.74, 6) is 0.410. The first kappa shape index (κ1) is 22.6. The first-order valence-corrected chi connectivity index (χ1v) is 10.8. The van der Waals surface area contributed by atoms with Crippen LogP contribution >= 0.6 is 12.4 Å². The van der Waals surface area contributed by atoms with Gasteiger partial charge in [0.15, 0.2) is 0 Å². The van der Waals surface area contributed by atoms with Gasteiger partial charge in [0.2, 0.25) is 5.91 Å². The summed E-state index contributed by atoms with van der Waals surface area (Å²) >= 11 is 0. The van der Waals surface area contributed by atoms with Gasteiger partial charge in [-0.05, 0) is 62.1 Å². The normalized spacial score (nSPS) is 24.1. The molecule has 4 unspecified atom stereocenters. The fraction of sp³-hybridized carbons (Fsp3) is 0.500. The lowest BCUT2D eigenvalue weighted by molar-refractivity contribution is -0.125. The molecule has 4 rings (SSSR count). The van der Waals surface area contributed by atoms with Crippen LogP contribution in [0.4, 0.5) is 0 Å². The average molecular weight is 430 g/mol. The molecule has 2 aromatic rings. The molecule has 162 valence electrons. The van der Waals surface area contributed by atoms with Gasteiger partial charge in [0.25, 0.3) is 5.91 Å². The molecule has 0 bridgehead atoms. The Balaban J connectivity index is 0.00000256. The van der Waals surface area contributed by atoms with Crippen LogP contribution in [0.1, 0.15) is 49.4 Å². The molecule has 1 aliphatic carbocycles. The van der Waals surface area contributed by atoms with Crippen molar-refractivity contribution in [1.82, 2.24) is 15.5 Å². The summed E-state index contributed by atoms with van der Waals surface area (Å²) < 4.78 is 0. The Bertz CT molecular complexity index is 903. The zero-order chi connectivity index (χ0) is 20.4. The molecule has 0 spiro atoms. The summed E-state index contributed by atoms with van der Waals surface area (Å²) in [6, 6.07) is 14.0. The van der Waals surface area contributed by atoms with Crippen molar-refractivity contribution in [2.75, 3.05) is 13.6 Å². The van der Waals surface area contributed by atoms with Crippen molar-refractivity contribution in [3.63, 3.8) is 0 Å². The molecular formula is C24H32ClN3O2. The fourth-order valence-electron chi connectivity index (χ4n) is 4.93. The van der Waals surface area contributed by atoms with Crippen LogP contribution in [-0.2, 0) is 4.79 Å². The van der Waals surface area contributed by atoms with Gasteiger partial charge in [0.1, 0.15) is 6.04 Å². The molecule has 6 heteroatoms. The van der Waals surface area contributed by atoms with Gasteiger partial charge in [-0.1, -0.05) is 43.2 Å². The van der Waals surface area contributed by atoms with Crippen LogP contribution in [0.2, 0.25) is 0 Å². The first-order valence-electron chi connectivity index (χ1n) is 10.8. The van der Waals surface area contributed by atoms with E-state index >= 15 is 0 Å². The van der Waals surface area contributed by atoms with Gasteiger partial charge >= 0.3 is 0 Å². The molecule has 1 saturated carbocycles. The molecule has 2 fully saturated rings. The molecule has 2 N–H and O–H groups in total. The van der Waals surface area contributed by atoms with E-state index in [1.807, 2.05) is 55.3 Å². The molecule has 2 aliphatic rings. The monoisotopic (exact) mass is 429 g/mol. The van der Waals surface area contributed by atoms with Crippen LogP contribution in [0.25, 0.3) is 10.8 Å². The van der Waals surface area contributed by atoms with Crippen molar-refractivity contribution >= 4 is 35.0 Å². The maximum absolute atomic E-state index is 13.6. The molecular weight excluding hydrogens is 398 g/mol.